The zero-order valence-electron chi connectivity index (χ0n) is 38.9. The van der Waals surface area contributed by atoms with E-state index in [1.54, 1.807) is 48.0 Å². The summed E-state index contributed by atoms with van der Waals surface area (Å²) in [5, 5.41) is 29.6. The van der Waals surface area contributed by atoms with Gasteiger partial charge in [-0.05, 0) is 26.0 Å². The monoisotopic (exact) mass is 1010 g/mol. The molecule has 30 heteroatoms. The number of rotatable bonds is 18. The maximum atomic E-state index is 13.3. The molecular weight excluding hydrogens is 963 g/mol. The minimum Gasteiger partial charge on any atom is -0.481 e. The molecular formula is C40H48F2N18O8S2. The topological polar surface area (TPSA) is 303 Å². The number of aryl methyl sites for hydroxylation is 2. The lowest BCUT2D eigenvalue weighted by atomic mass is 10.3. The lowest BCUT2D eigenvalue weighted by molar-refractivity contribution is 0.142. The maximum Gasteiger partial charge on any atom is 0.217 e. The Kier molecular flexibility index (Phi) is 15.5. The number of nitrogens with one attached hydrogen (secondary N) is 2. The molecule has 0 aromatic carbocycles. The third kappa shape index (κ3) is 11.2. The lowest BCUT2D eigenvalue weighted by Crippen LogP contribution is -2.31. The van der Waals surface area contributed by atoms with Gasteiger partial charge in [0.05, 0.1) is 62.2 Å². The van der Waals surface area contributed by atoms with Crippen LogP contribution in [-0.4, -0.2) is 150 Å². The van der Waals surface area contributed by atoms with Gasteiger partial charge in [-0.25, -0.2) is 55.5 Å². The van der Waals surface area contributed by atoms with Crippen LogP contribution in [-0.2, 0) is 77.1 Å². The number of ether oxygens (including phenoxy) is 4. The number of aliphatic imine (C=N–C) groups is 2. The molecule has 0 aliphatic carbocycles. The van der Waals surface area contributed by atoms with Crippen molar-refractivity contribution in [3.63, 3.8) is 0 Å². The minimum absolute atomic E-state index is 0.00239. The van der Waals surface area contributed by atoms with Crippen LogP contribution in [0.5, 0.6) is 0 Å². The predicted octanol–water partition coefficient (Wildman–Crippen LogP) is 1.06. The van der Waals surface area contributed by atoms with E-state index in [-0.39, 0.29) is 59.6 Å². The predicted molar refractivity (Wildman–Crippen MR) is 245 cm³/mol. The molecule has 6 aromatic heterocycles. The Balaban J connectivity index is 0.000000206. The van der Waals surface area contributed by atoms with Gasteiger partial charge in [0.2, 0.25) is 11.8 Å². The van der Waals surface area contributed by atoms with E-state index in [9.17, 15) is 25.6 Å². The van der Waals surface area contributed by atoms with Gasteiger partial charge in [-0.1, -0.05) is 0 Å². The number of aromatic nitrogens is 14. The van der Waals surface area contributed by atoms with Crippen molar-refractivity contribution in [3.05, 3.63) is 96.0 Å². The van der Waals surface area contributed by atoms with Gasteiger partial charge in [0.15, 0.2) is 67.1 Å². The fourth-order valence-corrected chi connectivity index (χ4v) is 9.43. The van der Waals surface area contributed by atoms with E-state index in [4.69, 9.17) is 18.9 Å². The van der Waals surface area contributed by atoms with Crippen molar-refractivity contribution in [3.8, 4) is 23.0 Å². The molecule has 70 heavy (non-hydrogen) atoms. The van der Waals surface area contributed by atoms with Crippen molar-refractivity contribution in [1.82, 2.24) is 79.7 Å². The highest BCUT2D eigenvalue weighted by molar-refractivity contribution is 7.91. The Morgan fingerprint density at radius 1 is 0.614 bits per heavy atom. The fourth-order valence-electron chi connectivity index (χ4n) is 6.96. The first-order chi connectivity index (χ1) is 33.5. The third-order valence-electron chi connectivity index (χ3n) is 10.6. The third-order valence-corrected chi connectivity index (χ3v) is 14.7. The molecule has 6 aromatic rings. The second kappa shape index (κ2) is 21.5. The number of methoxy groups -OCH3 is 4. The molecule has 0 radical (unpaired) electrons. The van der Waals surface area contributed by atoms with Crippen molar-refractivity contribution in [2.75, 3.05) is 28.4 Å². The zero-order chi connectivity index (χ0) is 50.3. The van der Waals surface area contributed by atoms with E-state index in [0.717, 1.165) is 24.8 Å². The lowest BCUT2D eigenvalue weighted by Gasteiger charge is -2.25. The normalized spacial score (nSPS) is 16.9. The Morgan fingerprint density at radius 3 is 1.30 bits per heavy atom. The molecule has 2 N–H and O–H groups in total. The second-order valence-corrected chi connectivity index (χ2v) is 20.3. The Hall–Kier alpha value is -7.44. The molecule has 0 fully saturated rings. The van der Waals surface area contributed by atoms with Crippen molar-refractivity contribution < 1.29 is 44.6 Å². The number of nitrogens with zero attached hydrogens (tertiary/aromatic N) is 16. The van der Waals surface area contributed by atoms with E-state index < -0.39 is 65.8 Å². The van der Waals surface area contributed by atoms with Crippen molar-refractivity contribution in [1.29, 1.82) is 0 Å². The van der Waals surface area contributed by atoms with Crippen LogP contribution in [0.15, 0.2) is 71.1 Å². The van der Waals surface area contributed by atoms with Crippen LogP contribution >= 0.6 is 0 Å². The first kappa shape index (κ1) is 50.4. The summed E-state index contributed by atoms with van der Waals surface area (Å²) in [7, 11) is 1.78. The van der Waals surface area contributed by atoms with Gasteiger partial charge in [-0.2, -0.15) is 10.2 Å². The highest BCUT2D eigenvalue weighted by Crippen LogP contribution is 2.31. The van der Waals surface area contributed by atoms with Crippen molar-refractivity contribution in [2.24, 2.45) is 24.1 Å². The highest BCUT2D eigenvalue weighted by Gasteiger charge is 2.35. The Morgan fingerprint density at radius 2 is 0.986 bits per heavy atom. The van der Waals surface area contributed by atoms with E-state index in [2.05, 4.69) is 71.1 Å². The fraction of sp³-hybridized carbons (Fsp3) is 0.400. The first-order valence-corrected chi connectivity index (χ1v) is 24.3. The number of hydrogen-bond acceptors (Lipinski definition) is 22. The molecule has 372 valence electrons. The van der Waals surface area contributed by atoms with Crippen LogP contribution in [0, 0.1) is 11.6 Å². The Labute approximate surface area is 399 Å². The maximum absolute atomic E-state index is 13.3. The molecule has 8 heterocycles. The molecule has 0 bridgehead atoms. The van der Waals surface area contributed by atoms with E-state index in [0.29, 0.717) is 22.8 Å². The average molecular weight is 1010 g/mol. The van der Waals surface area contributed by atoms with Crippen LogP contribution in [0.1, 0.15) is 37.1 Å². The van der Waals surface area contributed by atoms with Gasteiger partial charge in [0, 0.05) is 53.6 Å². The molecule has 0 saturated carbocycles. The molecule has 2 unspecified atom stereocenters. The van der Waals surface area contributed by atoms with E-state index >= 15 is 0 Å². The number of sulfone groups is 2. The molecule has 8 rings (SSSR count). The van der Waals surface area contributed by atoms with Gasteiger partial charge in [-0.15, -0.1) is 20.4 Å². The van der Waals surface area contributed by atoms with Crippen LogP contribution < -0.4 is 10.6 Å². The van der Waals surface area contributed by atoms with Crippen LogP contribution in [0.2, 0.25) is 0 Å². The highest BCUT2D eigenvalue weighted by atomic mass is 32.2. The van der Waals surface area contributed by atoms with E-state index in [1.807, 2.05) is 0 Å². The van der Waals surface area contributed by atoms with Gasteiger partial charge in [0.25, 0.3) is 0 Å². The first-order valence-electron chi connectivity index (χ1n) is 20.9. The van der Waals surface area contributed by atoms with Crippen LogP contribution in [0.4, 0.5) is 8.78 Å². The molecule has 26 nitrogen and oxygen atoms in total. The van der Waals surface area contributed by atoms with Gasteiger partial charge >= 0.3 is 0 Å². The second-order valence-electron chi connectivity index (χ2n) is 15.4. The van der Waals surface area contributed by atoms with Gasteiger partial charge in [-0.3, -0.25) is 18.5 Å². The SMILES string of the molecule is COC1=C(n2c(CS(=O)(=O)[C@@H](C)Cc3ncc(F)cn3)nnc2-c2ccn(C)n2)C(OC)N=CN1.COC1=C(n2c(CS(=O)(=O)[C@H](C)Cc3ncc(F)cn3)nnc2-c2ccn(C)n2)C(OC)N=CN1. The molecule has 4 atom stereocenters. The molecule has 0 spiro atoms. The largest absolute Gasteiger partial charge is 0.481 e. The number of hydrogen-bond donors (Lipinski definition) is 2. The summed E-state index contributed by atoms with van der Waals surface area (Å²) in [6.07, 6.45) is 8.64. The van der Waals surface area contributed by atoms with Gasteiger partial charge < -0.3 is 29.6 Å². The summed E-state index contributed by atoms with van der Waals surface area (Å²) in [5.74, 6) is -0.314. The quantitative estimate of drug-likeness (QED) is 0.122. The molecule has 0 amide bonds. The summed E-state index contributed by atoms with van der Waals surface area (Å²) in [4.78, 5) is 24.0. The standard InChI is InChI=1S/2C20H24FN9O4S/c2*1-12(7-15-22-8-13(21)9-23-15)35(31,32)10-16-26-27-18(14-5-6-29(2)28-14)30(16)17-19(33-3)24-11-25-20(17)34-4/h2*5-6,8-9,11-12,19H,7,10H2,1-4H3,(H,24,25)/t2*12-,19?/m10/s1. The Bertz CT molecular complexity index is 2940. The average Bonchev–Trinajstić information content (AvgIpc) is 4.17. The molecule has 2 aliphatic rings. The van der Waals surface area contributed by atoms with Crippen LogP contribution in [0.3, 0.4) is 0 Å². The summed E-state index contributed by atoms with van der Waals surface area (Å²) < 4.78 is 108. The molecule has 0 saturated heterocycles. The molecule has 2 aliphatic heterocycles. The zero-order valence-corrected chi connectivity index (χ0v) is 40.5. The van der Waals surface area contributed by atoms with Gasteiger partial charge in [0.1, 0.15) is 45.9 Å². The van der Waals surface area contributed by atoms with Crippen molar-refractivity contribution in [2.45, 2.75) is 61.2 Å². The van der Waals surface area contributed by atoms with Crippen molar-refractivity contribution >= 4 is 43.7 Å². The van der Waals surface area contributed by atoms with E-state index in [1.165, 1.54) is 64.1 Å². The summed E-state index contributed by atoms with van der Waals surface area (Å²) in [5.41, 5.74) is 1.65. The summed E-state index contributed by atoms with van der Waals surface area (Å²) in [6, 6.07) is 3.45. The summed E-state index contributed by atoms with van der Waals surface area (Å²) >= 11 is 0. The smallest absolute Gasteiger partial charge is 0.217 e. The summed E-state index contributed by atoms with van der Waals surface area (Å²) in [6.45, 7) is 3.07. The number of halogens is 2. The minimum atomic E-state index is -3.78. The van der Waals surface area contributed by atoms with Crippen LogP contribution in [0.25, 0.3) is 34.4 Å².